The molecule has 2 heterocycles. The van der Waals surface area contributed by atoms with E-state index in [2.05, 4.69) is 10.3 Å². The van der Waals surface area contributed by atoms with Gasteiger partial charge in [0.2, 0.25) is 15.9 Å². The largest absolute Gasteiger partial charge is 0.497 e. The first-order chi connectivity index (χ1) is 12.5. The molecule has 0 spiro atoms. The number of ether oxygens (including phenoxy) is 1. The third-order valence-corrected chi connectivity index (χ3v) is 7.39. The molecule has 0 bridgehead atoms. The number of hydrogen-bond acceptors (Lipinski definition) is 6. The Hall–Kier alpha value is -1.97. The van der Waals surface area contributed by atoms with Crippen molar-refractivity contribution >= 4 is 32.4 Å². The molecule has 0 saturated heterocycles. The van der Waals surface area contributed by atoms with Crippen molar-refractivity contribution in [2.45, 2.75) is 30.7 Å². The van der Waals surface area contributed by atoms with Crippen LogP contribution in [-0.4, -0.2) is 37.3 Å². The van der Waals surface area contributed by atoms with Gasteiger partial charge in [-0.1, -0.05) is 6.07 Å². The molecule has 1 aromatic carbocycles. The number of rotatable bonds is 5. The number of methoxy groups -OCH3 is 1. The zero-order valence-corrected chi connectivity index (χ0v) is 15.9. The third kappa shape index (κ3) is 3.34. The van der Waals surface area contributed by atoms with Gasteiger partial charge in [-0.05, 0) is 25.0 Å². The summed E-state index contributed by atoms with van der Waals surface area (Å²) in [6.07, 6.45) is 2.40. The van der Waals surface area contributed by atoms with E-state index in [0.29, 0.717) is 23.8 Å². The Morgan fingerprint density at radius 1 is 1.38 bits per heavy atom. The number of benzene rings is 1. The Balaban J connectivity index is 1.53. The average Bonchev–Trinajstić information content (AvgIpc) is 3.42. The zero-order chi connectivity index (χ0) is 18.3. The van der Waals surface area contributed by atoms with Gasteiger partial charge in [-0.2, -0.15) is 4.31 Å². The van der Waals surface area contributed by atoms with Gasteiger partial charge in [-0.15, -0.1) is 11.3 Å². The second-order valence-corrected chi connectivity index (χ2v) is 9.44. The fourth-order valence-corrected chi connectivity index (χ4v) is 5.45. The number of aromatic nitrogens is 1. The van der Waals surface area contributed by atoms with Crippen molar-refractivity contribution in [3.8, 4) is 5.75 Å². The van der Waals surface area contributed by atoms with Crippen LogP contribution in [0.25, 0.3) is 0 Å². The second kappa shape index (κ2) is 6.64. The monoisotopic (exact) mass is 393 g/mol. The summed E-state index contributed by atoms with van der Waals surface area (Å²) in [5.74, 6) is 0.629. The molecule has 2 aromatic rings. The van der Waals surface area contributed by atoms with Crippen molar-refractivity contribution < 1.29 is 17.9 Å². The molecule has 1 fully saturated rings. The number of hydrogen-bond donors (Lipinski definition) is 1. The van der Waals surface area contributed by atoms with Crippen LogP contribution in [0.5, 0.6) is 5.75 Å². The molecular weight excluding hydrogens is 374 g/mol. The maximum atomic E-state index is 12.9. The summed E-state index contributed by atoms with van der Waals surface area (Å²) in [7, 11) is -2.10. The molecule has 9 heteroatoms. The minimum absolute atomic E-state index is 0.0111. The Morgan fingerprint density at radius 3 is 2.92 bits per heavy atom. The minimum Gasteiger partial charge on any atom is -0.497 e. The van der Waals surface area contributed by atoms with E-state index in [1.54, 1.807) is 18.2 Å². The van der Waals surface area contributed by atoms with Crippen LogP contribution < -0.4 is 10.1 Å². The van der Waals surface area contributed by atoms with Crippen LogP contribution in [0.3, 0.4) is 0 Å². The van der Waals surface area contributed by atoms with Gasteiger partial charge >= 0.3 is 0 Å². The maximum Gasteiger partial charge on any atom is 0.243 e. The van der Waals surface area contributed by atoms with Gasteiger partial charge < -0.3 is 10.1 Å². The predicted molar refractivity (Wildman–Crippen MR) is 97.8 cm³/mol. The van der Waals surface area contributed by atoms with E-state index in [0.717, 1.165) is 23.4 Å². The lowest BCUT2D eigenvalue weighted by Gasteiger charge is -2.25. The number of thiazole rings is 1. The number of amides is 1. The van der Waals surface area contributed by atoms with Gasteiger partial charge in [0, 0.05) is 29.8 Å². The zero-order valence-electron chi connectivity index (χ0n) is 14.3. The standard InChI is InChI=1S/C17H19N3O4S2/c1-24-12-3-2-4-13(9-12)26(22,23)20-8-7-14-15(10-20)25-17(18-14)19-16(21)11-5-6-11/h2-4,9,11H,5-8,10H2,1H3,(H,18,19,21). The lowest BCUT2D eigenvalue weighted by Crippen LogP contribution is -2.35. The first kappa shape index (κ1) is 17.4. The topological polar surface area (TPSA) is 88.6 Å². The normalized spacial score (nSPS) is 17.6. The van der Waals surface area contributed by atoms with Crippen LogP contribution in [0.2, 0.25) is 0 Å². The van der Waals surface area contributed by atoms with Crippen LogP contribution in [0.15, 0.2) is 29.2 Å². The number of carbonyl (C=O) groups excluding carboxylic acids is 1. The van der Waals surface area contributed by atoms with Gasteiger partial charge in [-0.25, -0.2) is 13.4 Å². The molecule has 1 aliphatic carbocycles. The van der Waals surface area contributed by atoms with Crippen molar-refractivity contribution in [1.82, 2.24) is 9.29 Å². The molecule has 1 aromatic heterocycles. The molecular formula is C17H19N3O4S2. The Labute approximate surface area is 156 Å². The summed E-state index contributed by atoms with van der Waals surface area (Å²) in [4.78, 5) is 17.5. The number of nitrogens with one attached hydrogen (secondary N) is 1. The lowest BCUT2D eigenvalue weighted by atomic mass is 10.2. The summed E-state index contributed by atoms with van der Waals surface area (Å²) in [5, 5.41) is 3.41. The van der Waals surface area contributed by atoms with Crippen LogP contribution in [-0.2, 0) is 27.8 Å². The lowest BCUT2D eigenvalue weighted by molar-refractivity contribution is -0.117. The molecule has 0 unspecified atom stereocenters. The Kier molecular flexibility index (Phi) is 4.45. The fraction of sp³-hybridized carbons (Fsp3) is 0.412. The first-order valence-electron chi connectivity index (χ1n) is 8.41. The molecule has 2 aliphatic rings. The summed E-state index contributed by atoms with van der Waals surface area (Å²) in [6.45, 7) is 0.637. The maximum absolute atomic E-state index is 12.9. The van der Waals surface area contributed by atoms with Crippen molar-refractivity contribution in [3.05, 3.63) is 34.8 Å². The SMILES string of the molecule is COc1cccc(S(=O)(=O)N2CCc3nc(NC(=O)C4CC4)sc3C2)c1. The molecule has 26 heavy (non-hydrogen) atoms. The summed E-state index contributed by atoms with van der Waals surface area (Å²) in [6, 6.07) is 6.48. The molecule has 138 valence electrons. The second-order valence-electron chi connectivity index (χ2n) is 6.42. The van der Waals surface area contributed by atoms with Gasteiger partial charge in [0.25, 0.3) is 0 Å². The first-order valence-corrected chi connectivity index (χ1v) is 10.7. The van der Waals surface area contributed by atoms with Gasteiger partial charge in [0.1, 0.15) is 5.75 Å². The van der Waals surface area contributed by atoms with Crippen molar-refractivity contribution in [3.63, 3.8) is 0 Å². The molecule has 1 aliphatic heterocycles. The summed E-state index contributed by atoms with van der Waals surface area (Å²) >= 11 is 1.36. The Morgan fingerprint density at radius 2 is 2.19 bits per heavy atom. The molecule has 1 saturated carbocycles. The number of anilines is 1. The molecule has 4 rings (SSSR count). The summed E-state index contributed by atoms with van der Waals surface area (Å²) < 4.78 is 32.4. The van der Waals surface area contributed by atoms with E-state index in [4.69, 9.17) is 4.74 Å². The van der Waals surface area contributed by atoms with E-state index >= 15 is 0 Å². The number of fused-ring (bicyclic) bond motifs is 1. The highest BCUT2D eigenvalue weighted by Gasteiger charge is 2.33. The average molecular weight is 393 g/mol. The number of sulfonamides is 1. The van der Waals surface area contributed by atoms with Crippen LogP contribution in [0, 0.1) is 5.92 Å². The highest BCUT2D eigenvalue weighted by atomic mass is 32.2. The minimum atomic E-state index is -3.61. The van der Waals surface area contributed by atoms with E-state index in [9.17, 15) is 13.2 Å². The van der Waals surface area contributed by atoms with Crippen LogP contribution in [0.4, 0.5) is 5.13 Å². The van der Waals surface area contributed by atoms with Crippen LogP contribution >= 0.6 is 11.3 Å². The van der Waals surface area contributed by atoms with Gasteiger partial charge in [0.15, 0.2) is 5.13 Å². The van der Waals surface area contributed by atoms with Gasteiger partial charge in [-0.3, -0.25) is 4.79 Å². The highest BCUT2D eigenvalue weighted by Crippen LogP contribution is 2.34. The molecule has 1 amide bonds. The van der Waals surface area contributed by atoms with E-state index in [-0.39, 0.29) is 23.3 Å². The molecule has 0 atom stereocenters. The van der Waals surface area contributed by atoms with E-state index < -0.39 is 10.0 Å². The van der Waals surface area contributed by atoms with E-state index in [1.807, 2.05) is 0 Å². The van der Waals surface area contributed by atoms with Crippen molar-refractivity contribution in [1.29, 1.82) is 0 Å². The van der Waals surface area contributed by atoms with Gasteiger partial charge in [0.05, 0.1) is 24.2 Å². The number of nitrogens with zero attached hydrogens (tertiary/aromatic N) is 2. The molecule has 0 radical (unpaired) electrons. The Bertz CT molecular complexity index is 951. The van der Waals surface area contributed by atoms with Crippen molar-refractivity contribution in [2.75, 3.05) is 19.0 Å². The van der Waals surface area contributed by atoms with E-state index in [1.165, 1.54) is 28.8 Å². The molecule has 1 N–H and O–H groups in total. The van der Waals surface area contributed by atoms with Crippen LogP contribution in [0.1, 0.15) is 23.4 Å². The summed E-state index contributed by atoms with van der Waals surface area (Å²) in [5.41, 5.74) is 0.873. The fourth-order valence-electron chi connectivity index (χ4n) is 2.89. The van der Waals surface area contributed by atoms with Crippen molar-refractivity contribution in [2.24, 2.45) is 5.92 Å². The number of carbonyl (C=O) groups is 1. The predicted octanol–water partition coefficient (Wildman–Crippen LogP) is 2.25. The molecule has 7 nitrogen and oxygen atoms in total. The quantitative estimate of drug-likeness (QED) is 0.842. The third-order valence-electron chi connectivity index (χ3n) is 4.55. The highest BCUT2D eigenvalue weighted by molar-refractivity contribution is 7.89. The smallest absolute Gasteiger partial charge is 0.243 e.